The molecule has 8 nitrogen and oxygen atoms in total. The Morgan fingerprint density at radius 1 is 1.27 bits per heavy atom. The summed E-state index contributed by atoms with van der Waals surface area (Å²) < 4.78 is 5.63. The summed E-state index contributed by atoms with van der Waals surface area (Å²) in [5.41, 5.74) is 7.60. The van der Waals surface area contributed by atoms with Crippen LogP contribution in [0.5, 0.6) is 5.75 Å². The van der Waals surface area contributed by atoms with Crippen LogP contribution in [0.2, 0.25) is 0 Å². The molecule has 8 heteroatoms. The Hall–Kier alpha value is -2.97. The van der Waals surface area contributed by atoms with E-state index in [1.54, 1.807) is 50.5 Å². The van der Waals surface area contributed by atoms with Gasteiger partial charge in [0.05, 0.1) is 0 Å². The van der Waals surface area contributed by atoms with E-state index in [0.717, 1.165) is 5.56 Å². The second-order valence-corrected chi connectivity index (χ2v) is 6.38. The zero-order chi connectivity index (χ0) is 19.2. The number of carbonyl (C=O) groups is 2. The van der Waals surface area contributed by atoms with Crippen molar-refractivity contribution in [2.75, 3.05) is 0 Å². The number of rotatable bonds is 7. The number of nitrogens with one attached hydrogen (secondary N) is 2. The van der Waals surface area contributed by atoms with Crippen LogP contribution in [-0.2, 0) is 11.4 Å². The van der Waals surface area contributed by atoms with Crippen molar-refractivity contribution in [2.45, 2.75) is 32.0 Å². The molecule has 2 aromatic rings. The number of amides is 2. The Morgan fingerprint density at radius 2 is 1.96 bits per heavy atom. The highest BCUT2D eigenvalue weighted by molar-refractivity contribution is 5.97. The molecule has 1 atom stereocenters. The predicted molar refractivity (Wildman–Crippen MR) is 94.5 cm³/mol. The van der Waals surface area contributed by atoms with Gasteiger partial charge in [-0.25, -0.2) is 5.48 Å². The number of hydroxylamine groups is 1. The van der Waals surface area contributed by atoms with Gasteiger partial charge in [0.15, 0.2) is 0 Å². The van der Waals surface area contributed by atoms with E-state index >= 15 is 0 Å². The normalized spacial score (nSPS) is 12.2. The van der Waals surface area contributed by atoms with Crippen LogP contribution in [0.25, 0.3) is 0 Å². The molecule has 1 aromatic heterocycles. The summed E-state index contributed by atoms with van der Waals surface area (Å²) in [5.74, 6) is -0.688. The first kappa shape index (κ1) is 19.4. The second-order valence-electron chi connectivity index (χ2n) is 6.38. The third-order valence-electron chi connectivity index (χ3n) is 3.64. The van der Waals surface area contributed by atoms with E-state index in [9.17, 15) is 9.59 Å². The minimum Gasteiger partial charge on any atom is -0.489 e. The molecule has 1 aromatic carbocycles. The highest BCUT2D eigenvalue weighted by atomic mass is 16.5. The standard InChI is InChI=1S/C18H22N4O4/c1-18(2,19)15(17(24)22-25)21-16(23)13-5-7-14(8-6-13)26-11-12-4-3-9-20-10-12/h3-10,15,25H,11,19H2,1-2H3,(H,21,23)(H,22,24)/t15-/m1/s1. The van der Waals surface area contributed by atoms with E-state index in [0.29, 0.717) is 17.9 Å². The molecule has 0 aliphatic rings. The summed E-state index contributed by atoms with van der Waals surface area (Å²) in [6.07, 6.45) is 3.40. The second kappa shape index (κ2) is 8.41. The topological polar surface area (TPSA) is 127 Å². The van der Waals surface area contributed by atoms with Gasteiger partial charge < -0.3 is 15.8 Å². The molecular formula is C18H22N4O4. The summed E-state index contributed by atoms with van der Waals surface area (Å²) in [4.78, 5) is 28.1. The number of aromatic nitrogens is 1. The highest BCUT2D eigenvalue weighted by Crippen LogP contribution is 2.15. The summed E-state index contributed by atoms with van der Waals surface area (Å²) in [7, 11) is 0. The van der Waals surface area contributed by atoms with Crippen molar-refractivity contribution in [1.82, 2.24) is 15.8 Å². The van der Waals surface area contributed by atoms with E-state index in [4.69, 9.17) is 15.7 Å². The first-order valence-corrected chi connectivity index (χ1v) is 7.96. The van der Waals surface area contributed by atoms with Gasteiger partial charge in [0.25, 0.3) is 11.8 Å². The molecule has 0 aliphatic carbocycles. The lowest BCUT2D eigenvalue weighted by molar-refractivity contribution is -0.132. The lowest BCUT2D eigenvalue weighted by Gasteiger charge is -2.29. The molecule has 0 unspecified atom stereocenters. The van der Waals surface area contributed by atoms with Crippen LogP contribution in [0.3, 0.4) is 0 Å². The molecule has 0 aliphatic heterocycles. The maximum absolute atomic E-state index is 12.3. The minimum atomic E-state index is -1.10. The molecule has 0 fully saturated rings. The minimum absolute atomic E-state index is 0.332. The molecule has 0 saturated carbocycles. The van der Waals surface area contributed by atoms with Crippen molar-refractivity contribution in [3.05, 3.63) is 59.9 Å². The summed E-state index contributed by atoms with van der Waals surface area (Å²) in [6.45, 7) is 3.50. The van der Waals surface area contributed by atoms with Gasteiger partial charge in [-0.1, -0.05) is 6.07 Å². The Balaban J connectivity index is 2.00. The van der Waals surface area contributed by atoms with Gasteiger partial charge in [0.2, 0.25) is 0 Å². The van der Waals surface area contributed by atoms with Gasteiger partial charge in [-0.15, -0.1) is 0 Å². The van der Waals surface area contributed by atoms with Gasteiger partial charge in [0, 0.05) is 29.1 Å². The first-order valence-electron chi connectivity index (χ1n) is 7.96. The molecule has 0 saturated heterocycles. The Bertz CT molecular complexity index is 742. The average molecular weight is 358 g/mol. The predicted octanol–water partition coefficient (Wildman–Crippen LogP) is 1.00. The van der Waals surface area contributed by atoms with Crippen LogP contribution < -0.4 is 21.3 Å². The molecule has 5 N–H and O–H groups in total. The van der Waals surface area contributed by atoms with E-state index in [-0.39, 0.29) is 0 Å². The van der Waals surface area contributed by atoms with E-state index in [1.807, 2.05) is 12.1 Å². The average Bonchev–Trinajstić information content (AvgIpc) is 2.64. The van der Waals surface area contributed by atoms with E-state index in [1.165, 1.54) is 5.48 Å². The molecule has 1 heterocycles. The summed E-state index contributed by atoms with van der Waals surface area (Å²) in [5, 5.41) is 11.3. The van der Waals surface area contributed by atoms with Gasteiger partial charge in [-0.2, -0.15) is 0 Å². The van der Waals surface area contributed by atoms with Crippen molar-refractivity contribution >= 4 is 11.8 Å². The SMILES string of the molecule is CC(C)(N)[C@H](NC(=O)c1ccc(OCc2cccnc2)cc1)C(=O)NO. The van der Waals surface area contributed by atoms with Gasteiger partial charge >= 0.3 is 0 Å². The molecule has 2 amide bonds. The highest BCUT2D eigenvalue weighted by Gasteiger charge is 2.33. The Kier molecular flexibility index (Phi) is 6.26. The summed E-state index contributed by atoms with van der Waals surface area (Å²) in [6, 6.07) is 9.08. The van der Waals surface area contributed by atoms with Crippen molar-refractivity contribution in [3.8, 4) is 5.75 Å². The molecule has 26 heavy (non-hydrogen) atoms. The quantitative estimate of drug-likeness (QED) is 0.432. The Morgan fingerprint density at radius 3 is 2.50 bits per heavy atom. The smallest absolute Gasteiger partial charge is 0.267 e. The maximum Gasteiger partial charge on any atom is 0.267 e. The number of nitrogens with zero attached hydrogens (tertiary/aromatic N) is 1. The van der Waals surface area contributed by atoms with Crippen molar-refractivity contribution in [3.63, 3.8) is 0 Å². The number of hydrogen-bond acceptors (Lipinski definition) is 6. The van der Waals surface area contributed by atoms with Crippen molar-refractivity contribution in [2.24, 2.45) is 5.73 Å². The molecule has 2 rings (SSSR count). The van der Waals surface area contributed by atoms with Crippen LogP contribution >= 0.6 is 0 Å². The first-order chi connectivity index (χ1) is 12.3. The van der Waals surface area contributed by atoms with Crippen molar-refractivity contribution < 1.29 is 19.5 Å². The number of nitrogens with two attached hydrogens (primary N) is 1. The lowest BCUT2D eigenvalue weighted by atomic mass is 9.95. The number of ether oxygens (including phenoxy) is 1. The van der Waals surface area contributed by atoms with E-state index < -0.39 is 23.4 Å². The number of carbonyl (C=O) groups excluding carboxylic acids is 2. The fourth-order valence-corrected chi connectivity index (χ4v) is 2.22. The zero-order valence-electron chi connectivity index (χ0n) is 14.6. The van der Waals surface area contributed by atoms with Crippen LogP contribution in [0, 0.1) is 0 Å². The van der Waals surface area contributed by atoms with Crippen LogP contribution in [0.15, 0.2) is 48.8 Å². The van der Waals surface area contributed by atoms with Crippen LogP contribution in [-0.4, -0.2) is 33.6 Å². The van der Waals surface area contributed by atoms with Crippen molar-refractivity contribution in [1.29, 1.82) is 0 Å². The maximum atomic E-state index is 12.3. The third-order valence-corrected chi connectivity index (χ3v) is 3.64. The van der Waals surface area contributed by atoms with Crippen LogP contribution in [0.1, 0.15) is 29.8 Å². The molecule has 0 radical (unpaired) electrons. The third kappa shape index (κ3) is 5.27. The Labute approximate surface area is 151 Å². The zero-order valence-corrected chi connectivity index (χ0v) is 14.6. The van der Waals surface area contributed by atoms with Gasteiger partial charge in [-0.3, -0.25) is 19.8 Å². The monoisotopic (exact) mass is 358 g/mol. The fraction of sp³-hybridized carbons (Fsp3) is 0.278. The largest absolute Gasteiger partial charge is 0.489 e. The number of benzene rings is 1. The molecule has 0 bridgehead atoms. The number of hydrogen-bond donors (Lipinski definition) is 4. The molecule has 0 spiro atoms. The molecular weight excluding hydrogens is 336 g/mol. The lowest BCUT2D eigenvalue weighted by Crippen LogP contribution is -2.61. The van der Waals surface area contributed by atoms with Gasteiger partial charge in [-0.05, 0) is 44.2 Å². The number of pyridine rings is 1. The van der Waals surface area contributed by atoms with Gasteiger partial charge in [0.1, 0.15) is 18.4 Å². The molecule has 138 valence electrons. The fourth-order valence-electron chi connectivity index (χ4n) is 2.22. The summed E-state index contributed by atoms with van der Waals surface area (Å²) >= 11 is 0. The van der Waals surface area contributed by atoms with Crippen LogP contribution in [0.4, 0.5) is 0 Å². The van der Waals surface area contributed by atoms with E-state index in [2.05, 4.69) is 10.3 Å².